The second kappa shape index (κ2) is 9.75. The fraction of sp³-hybridized carbons (Fsp3) is 0.545. The van der Waals surface area contributed by atoms with Crippen LogP contribution in [0.5, 0.6) is 0 Å². The van der Waals surface area contributed by atoms with Crippen molar-refractivity contribution in [2.75, 3.05) is 12.4 Å². The highest BCUT2D eigenvalue weighted by Crippen LogP contribution is 2.51. The minimum absolute atomic E-state index is 0.438. The molecule has 0 aliphatic rings. The van der Waals surface area contributed by atoms with Gasteiger partial charge in [-0.05, 0) is 12.7 Å². The minimum atomic E-state index is -2.69. The Morgan fingerprint density at radius 2 is 2.28 bits per heavy atom. The summed E-state index contributed by atoms with van der Waals surface area (Å²) in [6.45, 7) is 8.66. The van der Waals surface area contributed by atoms with Crippen LogP contribution < -0.4 is 9.46 Å². The van der Waals surface area contributed by atoms with Gasteiger partial charge < -0.3 is 9.42 Å². The topological polar surface area (TPSA) is 41.1 Å². The molecule has 0 saturated carbocycles. The van der Waals surface area contributed by atoms with E-state index >= 15 is 0 Å². The third kappa shape index (κ3) is 8.89. The quantitative estimate of drug-likeness (QED) is 0.457. The van der Waals surface area contributed by atoms with E-state index in [0.717, 1.165) is 12.3 Å². The van der Waals surface area contributed by atoms with E-state index in [4.69, 9.17) is 4.52 Å². The van der Waals surface area contributed by atoms with Crippen LogP contribution in [0.2, 0.25) is 0 Å². The summed E-state index contributed by atoms with van der Waals surface area (Å²) in [5.74, 6) is 0.751. The summed E-state index contributed by atoms with van der Waals surface area (Å²) in [6.07, 6.45) is 7.91. The first-order valence-electron chi connectivity index (χ1n) is 5.67. The number of aryl methyl sites for hydroxylation is 1. The van der Waals surface area contributed by atoms with Crippen molar-refractivity contribution in [2.24, 2.45) is 7.05 Å². The van der Waals surface area contributed by atoms with Gasteiger partial charge in [0.2, 0.25) is 6.33 Å². The van der Waals surface area contributed by atoms with Crippen LogP contribution in [0.15, 0.2) is 31.4 Å². The van der Waals surface area contributed by atoms with E-state index in [1.165, 1.54) is 11.4 Å². The van der Waals surface area contributed by atoms with Gasteiger partial charge in [-0.25, -0.2) is 9.13 Å². The molecule has 0 aromatic carbocycles. The van der Waals surface area contributed by atoms with E-state index in [1.54, 1.807) is 6.92 Å². The molecule has 0 fully saturated rings. The van der Waals surface area contributed by atoms with Crippen LogP contribution in [0, 0.1) is 0 Å². The third-order valence-corrected chi connectivity index (χ3v) is 6.19. The van der Waals surface area contributed by atoms with E-state index in [9.17, 15) is 4.89 Å². The summed E-state index contributed by atoms with van der Waals surface area (Å²) < 4.78 is 8.87. The highest BCUT2D eigenvalue weighted by molar-refractivity contribution is 8.67. The zero-order chi connectivity index (χ0) is 14.0. The number of allylic oxidation sites excluding steroid dienone is 1. The van der Waals surface area contributed by atoms with Crippen LogP contribution in [0.3, 0.4) is 0 Å². The van der Waals surface area contributed by atoms with E-state index in [1.807, 2.05) is 43.3 Å². The Morgan fingerprint density at radius 3 is 2.67 bits per heavy atom. The van der Waals surface area contributed by atoms with Crippen molar-refractivity contribution >= 4 is 28.9 Å². The normalized spacial score (nSPS) is 13.3. The number of imidazole rings is 1. The van der Waals surface area contributed by atoms with E-state index in [2.05, 4.69) is 23.0 Å². The Hall–Kier alpha value is -0.130. The Labute approximate surface area is 119 Å². The standard InChI is InChI=1S/C7H11N2.C4H11O2PS2/c1-3-4-9-6-5-8(2)7-9;1-3-6-7(5,8)9-4-2/h3,5-7H,1,4H2,2H3;3-4H2,1-2H3,(H,5,8)/q+1;/p-1. The average molecular weight is 308 g/mol. The molecule has 0 amide bonds. The van der Waals surface area contributed by atoms with Crippen LogP contribution in [0.1, 0.15) is 13.8 Å². The van der Waals surface area contributed by atoms with Gasteiger partial charge in [-0.2, -0.15) is 0 Å². The molecule has 1 aromatic rings. The van der Waals surface area contributed by atoms with Crippen molar-refractivity contribution in [1.82, 2.24) is 4.57 Å². The van der Waals surface area contributed by atoms with Gasteiger partial charge in [0.15, 0.2) is 0 Å². The molecule has 1 atom stereocenters. The molecule has 0 radical (unpaired) electrons. The van der Waals surface area contributed by atoms with Crippen molar-refractivity contribution in [3.05, 3.63) is 31.4 Å². The maximum Gasteiger partial charge on any atom is 0.243 e. The zero-order valence-corrected chi connectivity index (χ0v) is 13.6. The summed E-state index contributed by atoms with van der Waals surface area (Å²) in [5, 5.41) is 0. The Balaban J connectivity index is 0.000000321. The van der Waals surface area contributed by atoms with Gasteiger partial charge in [-0.15, -0.1) is 11.4 Å². The summed E-state index contributed by atoms with van der Waals surface area (Å²) in [5.41, 5.74) is -2.69. The molecule has 18 heavy (non-hydrogen) atoms. The third-order valence-electron chi connectivity index (χ3n) is 1.74. The highest BCUT2D eigenvalue weighted by atomic mass is 32.9. The van der Waals surface area contributed by atoms with Gasteiger partial charge in [-0.3, -0.25) is 0 Å². The molecule has 1 heterocycles. The van der Waals surface area contributed by atoms with Gasteiger partial charge >= 0.3 is 0 Å². The van der Waals surface area contributed by atoms with Crippen molar-refractivity contribution in [2.45, 2.75) is 20.4 Å². The summed E-state index contributed by atoms with van der Waals surface area (Å²) >= 11 is 5.84. The fourth-order valence-corrected chi connectivity index (χ4v) is 4.57. The number of nitrogens with zero attached hydrogens (tertiary/aromatic N) is 2. The minimum Gasteiger partial charge on any atom is -0.793 e. The molecule has 0 saturated heterocycles. The van der Waals surface area contributed by atoms with E-state index in [0.29, 0.717) is 6.61 Å². The molecule has 0 N–H and O–H groups in total. The lowest BCUT2D eigenvalue weighted by Crippen LogP contribution is -2.23. The molecule has 4 nitrogen and oxygen atoms in total. The van der Waals surface area contributed by atoms with Gasteiger partial charge in [0.25, 0.3) is 0 Å². The second-order valence-electron chi connectivity index (χ2n) is 3.35. The predicted octanol–water partition coefficient (Wildman–Crippen LogP) is 1.86. The number of rotatable bonds is 6. The molecular formula is C11H21N2O2PS2. The fourth-order valence-electron chi connectivity index (χ4n) is 1.11. The first-order valence-corrected chi connectivity index (χ1v) is 9.90. The summed E-state index contributed by atoms with van der Waals surface area (Å²) in [7, 11) is 2.00. The van der Waals surface area contributed by atoms with Crippen molar-refractivity contribution < 1.29 is 14.0 Å². The van der Waals surface area contributed by atoms with E-state index in [-0.39, 0.29) is 0 Å². The molecule has 104 valence electrons. The summed E-state index contributed by atoms with van der Waals surface area (Å²) in [4.78, 5) is 11.0. The van der Waals surface area contributed by atoms with Gasteiger partial charge in [-0.1, -0.05) is 31.4 Å². The SMILES string of the molecule is C=CCn1cc[n+](C)c1.CCOP([O-])(=S)SCC. The number of hydrogen-bond donors (Lipinski definition) is 0. The van der Waals surface area contributed by atoms with Gasteiger partial charge in [0.1, 0.15) is 18.9 Å². The lowest BCUT2D eigenvalue weighted by Gasteiger charge is -2.25. The molecule has 1 rings (SSSR count). The zero-order valence-electron chi connectivity index (χ0n) is 11.1. The Kier molecular flexibility index (Phi) is 9.68. The average Bonchev–Trinajstić information content (AvgIpc) is 2.65. The molecule has 1 aromatic heterocycles. The predicted molar refractivity (Wildman–Crippen MR) is 79.8 cm³/mol. The molecule has 0 aliphatic heterocycles. The van der Waals surface area contributed by atoms with Gasteiger partial charge in [0.05, 0.1) is 7.05 Å². The number of hydrogen-bond acceptors (Lipinski definition) is 4. The van der Waals surface area contributed by atoms with Crippen molar-refractivity contribution in [3.8, 4) is 0 Å². The first-order chi connectivity index (χ1) is 8.45. The molecular weight excluding hydrogens is 287 g/mol. The maximum atomic E-state index is 11.0. The lowest BCUT2D eigenvalue weighted by molar-refractivity contribution is -0.671. The van der Waals surface area contributed by atoms with E-state index < -0.39 is 5.69 Å². The molecule has 7 heteroatoms. The van der Waals surface area contributed by atoms with Crippen LogP contribution in [0.4, 0.5) is 0 Å². The van der Waals surface area contributed by atoms with Crippen LogP contribution in [-0.4, -0.2) is 16.9 Å². The summed E-state index contributed by atoms with van der Waals surface area (Å²) in [6, 6.07) is 0. The second-order valence-corrected chi connectivity index (χ2v) is 9.69. The van der Waals surface area contributed by atoms with Crippen molar-refractivity contribution in [1.29, 1.82) is 0 Å². The highest BCUT2D eigenvalue weighted by Gasteiger charge is 1.98. The van der Waals surface area contributed by atoms with Crippen molar-refractivity contribution in [3.63, 3.8) is 0 Å². The molecule has 0 bridgehead atoms. The first kappa shape index (κ1) is 17.9. The molecule has 0 aliphatic carbocycles. The monoisotopic (exact) mass is 308 g/mol. The lowest BCUT2D eigenvalue weighted by atomic mass is 10.6. The molecule has 0 spiro atoms. The van der Waals surface area contributed by atoms with Gasteiger partial charge in [0, 0.05) is 12.3 Å². The largest absolute Gasteiger partial charge is 0.793 e. The van der Waals surface area contributed by atoms with Crippen LogP contribution >= 0.6 is 17.1 Å². The Bertz CT molecular complexity index is 386. The van der Waals surface area contributed by atoms with Crippen LogP contribution in [-0.2, 0) is 29.9 Å². The molecule has 1 unspecified atom stereocenters. The maximum absolute atomic E-state index is 11.0. The Morgan fingerprint density at radius 1 is 1.61 bits per heavy atom. The smallest absolute Gasteiger partial charge is 0.243 e. The number of aromatic nitrogens is 2. The van der Waals surface area contributed by atoms with Crippen LogP contribution in [0.25, 0.3) is 0 Å².